The smallest absolute Gasteiger partial charge is 0.252 e. The van der Waals surface area contributed by atoms with Gasteiger partial charge in [-0.15, -0.1) is 0 Å². The van der Waals surface area contributed by atoms with E-state index in [0.717, 1.165) is 45.1 Å². The van der Waals surface area contributed by atoms with Crippen LogP contribution in [0.25, 0.3) is 0 Å². The zero-order valence-electron chi connectivity index (χ0n) is 11.7. The molecular weight excluding hydrogens is 242 g/mol. The van der Waals surface area contributed by atoms with Crippen LogP contribution in [0.4, 0.5) is 5.82 Å². The van der Waals surface area contributed by atoms with E-state index in [9.17, 15) is 4.79 Å². The van der Waals surface area contributed by atoms with E-state index in [1.807, 2.05) is 6.92 Å². The van der Waals surface area contributed by atoms with E-state index >= 15 is 0 Å². The van der Waals surface area contributed by atoms with Crippen molar-refractivity contribution in [2.75, 3.05) is 44.2 Å². The molecule has 3 N–H and O–H groups in total. The van der Waals surface area contributed by atoms with E-state index in [2.05, 4.69) is 26.7 Å². The Morgan fingerprint density at radius 1 is 1.42 bits per heavy atom. The first kappa shape index (κ1) is 14.0. The van der Waals surface area contributed by atoms with Crippen molar-refractivity contribution < 1.29 is 0 Å². The summed E-state index contributed by atoms with van der Waals surface area (Å²) in [5, 5.41) is 0. The predicted molar refractivity (Wildman–Crippen MR) is 76.5 cm³/mol. The fourth-order valence-corrected chi connectivity index (χ4v) is 2.40. The average Bonchev–Trinajstić information content (AvgIpc) is 2.38. The van der Waals surface area contributed by atoms with Crippen molar-refractivity contribution in [2.45, 2.75) is 13.8 Å². The number of aromatic amines is 1. The summed E-state index contributed by atoms with van der Waals surface area (Å²) < 4.78 is 0. The Morgan fingerprint density at radius 3 is 2.68 bits per heavy atom. The molecule has 1 aliphatic heterocycles. The van der Waals surface area contributed by atoms with E-state index in [4.69, 9.17) is 5.73 Å². The molecule has 6 heteroatoms. The van der Waals surface area contributed by atoms with E-state index < -0.39 is 0 Å². The third-order valence-electron chi connectivity index (χ3n) is 3.52. The summed E-state index contributed by atoms with van der Waals surface area (Å²) in [6.45, 7) is 9.58. The average molecular weight is 265 g/mol. The Hall–Kier alpha value is -1.40. The van der Waals surface area contributed by atoms with Crippen molar-refractivity contribution in [2.24, 2.45) is 11.7 Å². The number of nitrogens with zero attached hydrogens (tertiary/aromatic N) is 3. The Labute approximate surface area is 113 Å². The fraction of sp³-hybridized carbons (Fsp3) is 0.692. The van der Waals surface area contributed by atoms with Crippen LogP contribution in [0.2, 0.25) is 0 Å². The zero-order valence-corrected chi connectivity index (χ0v) is 11.7. The quantitative estimate of drug-likeness (QED) is 0.788. The number of hydrogen-bond acceptors (Lipinski definition) is 5. The first-order valence-corrected chi connectivity index (χ1v) is 6.84. The minimum absolute atomic E-state index is 0.0818. The van der Waals surface area contributed by atoms with Crippen LogP contribution in [0.3, 0.4) is 0 Å². The van der Waals surface area contributed by atoms with Crippen molar-refractivity contribution in [3.05, 3.63) is 22.2 Å². The van der Waals surface area contributed by atoms with Crippen molar-refractivity contribution in [3.8, 4) is 0 Å². The van der Waals surface area contributed by atoms with Gasteiger partial charge in [-0.05, 0) is 19.4 Å². The van der Waals surface area contributed by atoms with Gasteiger partial charge in [0.15, 0.2) is 0 Å². The number of aromatic nitrogens is 2. The molecule has 1 aromatic heterocycles. The van der Waals surface area contributed by atoms with Crippen molar-refractivity contribution in [3.63, 3.8) is 0 Å². The van der Waals surface area contributed by atoms with Crippen LogP contribution in [0, 0.1) is 12.8 Å². The third kappa shape index (κ3) is 3.78. The second-order valence-electron chi connectivity index (χ2n) is 5.32. The molecule has 0 bridgehead atoms. The highest BCUT2D eigenvalue weighted by atomic mass is 16.1. The molecule has 0 aliphatic carbocycles. The molecule has 6 nitrogen and oxygen atoms in total. The first-order chi connectivity index (χ1) is 9.08. The van der Waals surface area contributed by atoms with E-state index in [-0.39, 0.29) is 5.56 Å². The molecule has 2 heterocycles. The van der Waals surface area contributed by atoms with E-state index in [0.29, 0.717) is 11.7 Å². The first-order valence-electron chi connectivity index (χ1n) is 6.84. The van der Waals surface area contributed by atoms with Gasteiger partial charge in [0.25, 0.3) is 5.56 Å². The highest BCUT2D eigenvalue weighted by Crippen LogP contribution is 2.12. The summed E-state index contributed by atoms with van der Waals surface area (Å²) in [7, 11) is 0. The maximum Gasteiger partial charge on any atom is 0.252 e. The number of nitrogens with one attached hydrogen (secondary N) is 1. The fourth-order valence-electron chi connectivity index (χ4n) is 2.40. The molecule has 0 spiro atoms. The lowest BCUT2D eigenvalue weighted by Crippen LogP contribution is -2.48. The van der Waals surface area contributed by atoms with Crippen LogP contribution in [-0.2, 0) is 0 Å². The van der Waals surface area contributed by atoms with Crippen molar-refractivity contribution >= 4 is 5.82 Å². The van der Waals surface area contributed by atoms with Crippen LogP contribution in [-0.4, -0.2) is 54.1 Å². The standard InChI is InChI=1S/C13H23N5O/c1-10(8-14)9-17-3-5-18(6-4-17)12-7-13(19)16-11(2)15-12/h7,10H,3-6,8-9,14H2,1-2H3,(H,15,16,19). The minimum atomic E-state index is -0.0818. The summed E-state index contributed by atoms with van der Waals surface area (Å²) in [6.07, 6.45) is 0. The predicted octanol–water partition coefficient (Wildman–Crippen LogP) is -0.205. The van der Waals surface area contributed by atoms with Crippen molar-refractivity contribution in [1.29, 1.82) is 0 Å². The van der Waals surface area contributed by atoms with Crippen LogP contribution >= 0.6 is 0 Å². The molecule has 106 valence electrons. The Bertz CT molecular complexity index is 464. The van der Waals surface area contributed by atoms with Gasteiger partial charge in [-0.3, -0.25) is 9.69 Å². The van der Waals surface area contributed by atoms with Crippen LogP contribution < -0.4 is 16.2 Å². The summed E-state index contributed by atoms with van der Waals surface area (Å²) >= 11 is 0. The second kappa shape index (κ2) is 6.16. The van der Waals surface area contributed by atoms with Gasteiger partial charge in [-0.2, -0.15) is 0 Å². The monoisotopic (exact) mass is 265 g/mol. The van der Waals surface area contributed by atoms with Gasteiger partial charge in [0, 0.05) is 38.8 Å². The summed E-state index contributed by atoms with van der Waals surface area (Å²) in [6, 6.07) is 1.57. The Morgan fingerprint density at radius 2 is 2.11 bits per heavy atom. The van der Waals surface area contributed by atoms with E-state index in [1.54, 1.807) is 6.07 Å². The highest BCUT2D eigenvalue weighted by Gasteiger charge is 2.19. The van der Waals surface area contributed by atoms with Gasteiger partial charge in [0.2, 0.25) is 0 Å². The van der Waals surface area contributed by atoms with Gasteiger partial charge in [0.1, 0.15) is 11.6 Å². The maximum absolute atomic E-state index is 11.5. The third-order valence-corrected chi connectivity index (χ3v) is 3.52. The molecule has 1 saturated heterocycles. The van der Waals surface area contributed by atoms with Gasteiger partial charge in [-0.1, -0.05) is 6.92 Å². The minimum Gasteiger partial charge on any atom is -0.354 e. The van der Waals surface area contributed by atoms with Gasteiger partial charge < -0.3 is 15.6 Å². The second-order valence-corrected chi connectivity index (χ2v) is 5.32. The van der Waals surface area contributed by atoms with Gasteiger partial charge in [0.05, 0.1) is 0 Å². The normalized spacial score (nSPS) is 18.6. The van der Waals surface area contributed by atoms with Crippen LogP contribution in [0.15, 0.2) is 10.9 Å². The largest absolute Gasteiger partial charge is 0.354 e. The summed E-state index contributed by atoms with van der Waals surface area (Å²) in [4.78, 5) is 23.1. The molecule has 0 amide bonds. The van der Waals surface area contributed by atoms with Crippen LogP contribution in [0.5, 0.6) is 0 Å². The Kier molecular flexibility index (Phi) is 4.55. The number of piperazine rings is 1. The molecule has 1 fully saturated rings. The molecule has 1 unspecified atom stereocenters. The summed E-state index contributed by atoms with van der Waals surface area (Å²) in [5.41, 5.74) is 5.57. The molecule has 0 radical (unpaired) electrons. The molecule has 1 aliphatic rings. The molecule has 0 aromatic carbocycles. The number of rotatable bonds is 4. The van der Waals surface area contributed by atoms with E-state index in [1.165, 1.54) is 0 Å². The Balaban J connectivity index is 1.94. The SMILES string of the molecule is Cc1nc(N2CCN(CC(C)CN)CC2)cc(=O)[nH]1. The number of anilines is 1. The lowest BCUT2D eigenvalue weighted by atomic mass is 10.1. The number of hydrogen-bond donors (Lipinski definition) is 2. The molecular formula is C13H23N5O. The highest BCUT2D eigenvalue weighted by molar-refractivity contribution is 5.37. The number of H-pyrrole nitrogens is 1. The molecule has 0 saturated carbocycles. The number of aryl methyl sites for hydroxylation is 1. The zero-order chi connectivity index (χ0) is 13.8. The molecule has 1 aromatic rings. The maximum atomic E-state index is 11.5. The van der Waals surface area contributed by atoms with Crippen LogP contribution in [0.1, 0.15) is 12.7 Å². The summed E-state index contributed by atoms with van der Waals surface area (Å²) in [5.74, 6) is 1.99. The topological polar surface area (TPSA) is 78.2 Å². The molecule has 1 atom stereocenters. The van der Waals surface area contributed by atoms with Crippen molar-refractivity contribution in [1.82, 2.24) is 14.9 Å². The van der Waals surface area contributed by atoms with Gasteiger partial charge >= 0.3 is 0 Å². The lowest BCUT2D eigenvalue weighted by Gasteiger charge is -2.36. The van der Waals surface area contributed by atoms with Gasteiger partial charge in [-0.25, -0.2) is 4.98 Å². The lowest BCUT2D eigenvalue weighted by molar-refractivity contribution is 0.226. The molecule has 19 heavy (non-hydrogen) atoms. The number of nitrogens with two attached hydrogens (primary N) is 1. The molecule has 2 rings (SSSR count).